The minimum Gasteiger partial charge on any atom is -0.356 e. The van der Waals surface area contributed by atoms with Crippen LogP contribution in [0.4, 0.5) is 0 Å². The fraction of sp³-hybridized carbons (Fsp3) is 0.462. The lowest BCUT2D eigenvalue weighted by Gasteiger charge is -2.10. The predicted molar refractivity (Wildman–Crippen MR) is 62.4 cm³/mol. The lowest BCUT2D eigenvalue weighted by molar-refractivity contribution is -0.111. The van der Waals surface area contributed by atoms with Crippen LogP contribution in [0.15, 0.2) is 30.3 Å². The van der Waals surface area contributed by atoms with Gasteiger partial charge in [-0.25, -0.2) is 0 Å². The van der Waals surface area contributed by atoms with E-state index in [0.717, 1.165) is 12.0 Å². The molecular weight excluding hydrogens is 204 g/mol. The summed E-state index contributed by atoms with van der Waals surface area (Å²) < 4.78 is 10.2. The zero-order valence-corrected chi connectivity index (χ0v) is 9.81. The van der Waals surface area contributed by atoms with E-state index in [2.05, 4.69) is 0 Å². The SMILES string of the molecule is COC(C)OCCCC(=O)c1ccccc1. The highest BCUT2D eigenvalue weighted by Gasteiger charge is 2.05. The van der Waals surface area contributed by atoms with Crippen LogP contribution in [-0.4, -0.2) is 25.8 Å². The van der Waals surface area contributed by atoms with E-state index in [0.29, 0.717) is 13.0 Å². The highest BCUT2D eigenvalue weighted by molar-refractivity contribution is 5.95. The molecule has 0 N–H and O–H groups in total. The molecule has 0 amide bonds. The molecule has 0 aromatic heterocycles. The van der Waals surface area contributed by atoms with Crippen LogP contribution in [-0.2, 0) is 9.47 Å². The second-order valence-corrected chi connectivity index (χ2v) is 3.57. The molecule has 88 valence electrons. The van der Waals surface area contributed by atoms with Gasteiger partial charge in [-0.3, -0.25) is 4.79 Å². The second kappa shape index (κ2) is 7.14. The maximum absolute atomic E-state index is 11.7. The van der Waals surface area contributed by atoms with E-state index in [4.69, 9.17) is 9.47 Å². The normalized spacial score (nSPS) is 12.4. The second-order valence-electron chi connectivity index (χ2n) is 3.57. The zero-order chi connectivity index (χ0) is 11.8. The average molecular weight is 222 g/mol. The van der Waals surface area contributed by atoms with Gasteiger partial charge in [0.05, 0.1) is 6.61 Å². The van der Waals surface area contributed by atoms with Gasteiger partial charge in [0.2, 0.25) is 0 Å². The van der Waals surface area contributed by atoms with E-state index >= 15 is 0 Å². The van der Waals surface area contributed by atoms with Crippen molar-refractivity contribution in [1.82, 2.24) is 0 Å². The van der Waals surface area contributed by atoms with Crippen molar-refractivity contribution in [3.8, 4) is 0 Å². The van der Waals surface area contributed by atoms with Crippen molar-refractivity contribution < 1.29 is 14.3 Å². The smallest absolute Gasteiger partial charge is 0.162 e. The summed E-state index contributed by atoms with van der Waals surface area (Å²) in [5.74, 6) is 0.161. The largest absolute Gasteiger partial charge is 0.356 e. The summed E-state index contributed by atoms with van der Waals surface area (Å²) in [5.41, 5.74) is 0.766. The maximum atomic E-state index is 11.7. The van der Waals surface area contributed by atoms with E-state index in [1.807, 2.05) is 37.3 Å². The molecule has 0 aliphatic heterocycles. The number of methoxy groups -OCH3 is 1. The Balaban J connectivity index is 2.21. The molecule has 3 nitrogen and oxygen atoms in total. The molecule has 0 spiro atoms. The minimum atomic E-state index is -0.202. The number of carbonyl (C=O) groups excluding carboxylic acids is 1. The Labute approximate surface area is 96.4 Å². The summed E-state index contributed by atoms with van der Waals surface area (Å²) in [4.78, 5) is 11.7. The van der Waals surface area contributed by atoms with Crippen LogP contribution in [0, 0.1) is 0 Å². The predicted octanol–water partition coefficient (Wildman–Crippen LogP) is 2.66. The number of rotatable bonds is 7. The summed E-state index contributed by atoms with van der Waals surface area (Å²) in [6.07, 6.45) is 1.04. The van der Waals surface area contributed by atoms with Crippen LogP contribution in [0.3, 0.4) is 0 Å². The Kier molecular flexibility index (Phi) is 5.75. The summed E-state index contributed by atoms with van der Waals surface area (Å²) in [6.45, 7) is 2.38. The molecule has 1 aromatic rings. The van der Waals surface area contributed by atoms with Crippen molar-refractivity contribution in [2.45, 2.75) is 26.1 Å². The Morgan fingerprint density at radius 3 is 2.62 bits per heavy atom. The molecule has 0 fully saturated rings. The lowest BCUT2D eigenvalue weighted by atomic mass is 10.1. The van der Waals surface area contributed by atoms with Gasteiger partial charge in [-0.15, -0.1) is 0 Å². The maximum Gasteiger partial charge on any atom is 0.162 e. The Hall–Kier alpha value is -1.19. The number of Topliss-reactive ketones (excluding diaryl/α,β-unsaturated/α-hetero) is 1. The first-order chi connectivity index (χ1) is 7.74. The lowest BCUT2D eigenvalue weighted by Crippen LogP contribution is -2.12. The summed E-state index contributed by atoms with van der Waals surface area (Å²) in [6, 6.07) is 9.32. The van der Waals surface area contributed by atoms with E-state index in [9.17, 15) is 4.79 Å². The van der Waals surface area contributed by atoms with Gasteiger partial charge in [0.25, 0.3) is 0 Å². The van der Waals surface area contributed by atoms with Crippen LogP contribution in [0.1, 0.15) is 30.1 Å². The highest BCUT2D eigenvalue weighted by Crippen LogP contribution is 2.05. The van der Waals surface area contributed by atoms with Crippen LogP contribution in [0.5, 0.6) is 0 Å². The van der Waals surface area contributed by atoms with Crippen molar-refractivity contribution in [3.05, 3.63) is 35.9 Å². The molecule has 3 heteroatoms. The van der Waals surface area contributed by atoms with E-state index in [1.54, 1.807) is 7.11 Å². The van der Waals surface area contributed by atoms with Crippen LogP contribution in [0.25, 0.3) is 0 Å². The van der Waals surface area contributed by atoms with Gasteiger partial charge in [0.15, 0.2) is 12.1 Å². The minimum absolute atomic E-state index is 0.161. The summed E-state index contributed by atoms with van der Waals surface area (Å²) in [5, 5.41) is 0. The molecular formula is C13H18O3. The molecule has 1 rings (SSSR count). The number of hydrogen-bond acceptors (Lipinski definition) is 3. The highest BCUT2D eigenvalue weighted by atomic mass is 16.7. The Morgan fingerprint density at radius 2 is 2.00 bits per heavy atom. The molecule has 1 unspecified atom stereocenters. The Morgan fingerprint density at radius 1 is 1.31 bits per heavy atom. The molecule has 1 atom stereocenters. The zero-order valence-electron chi connectivity index (χ0n) is 9.81. The number of ketones is 1. The van der Waals surface area contributed by atoms with E-state index in [-0.39, 0.29) is 12.1 Å². The summed E-state index contributed by atoms with van der Waals surface area (Å²) >= 11 is 0. The van der Waals surface area contributed by atoms with Crippen LogP contribution in [0.2, 0.25) is 0 Å². The molecule has 1 aromatic carbocycles. The summed E-state index contributed by atoms with van der Waals surface area (Å²) in [7, 11) is 1.60. The molecule has 0 bridgehead atoms. The number of ether oxygens (including phenoxy) is 2. The average Bonchev–Trinajstić information content (AvgIpc) is 2.35. The Bertz CT molecular complexity index is 308. The topological polar surface area (TPSA) is 35.5 Å². The first-order valence-corrected chi connectivity index (χ1v) is 5.46. The monoisotopic (exact) mass is 222 g/mol. The third kappa shape index (κ3) is 4.55. The molecule has 0 saturated carbocycles. The van der Waals surface area contributed by atoms with Crippen molar-refractivity contribution in [1.29, 1.82) is 0 Å². The van der Waals surface area contributed by atoms with Crippen molar-refractivity contribution in [2.24, 2.45) is 0 Å². The van der Waals surface area contributed by atoms with Crippen molar-refractivity contribution in [3.63, 3.8) is 0 Å². The molecule has 0 heterocycles. The quantitative estimate of drug-likeness (QED) is 0.404. The van der Waals surface area contributed by atoms with Crippen LogP contribution >= 0.6 is 0 Å². The van der Waals surface area contributed by atoms with Crippen LogP contribution < -0.4 is 0 Å². The molecule has 0 radical (unpaired) electrons. The molecule has 0 aliphatic carbocycles. The number of hydrogen-bond donors (Lipinski definition) is 0. The van der Waals surface area contributed by atoms with Gasteiger partial charge in [-0.2, -0.15) is 0 Å². The van der Waals surface area contributed by atoms with E-state index < -0.39 is 0 Å². The van der Waals surface area contributed by atoms with Crippen molar-refractivity contribution >= 4 is 5.78 Å². The fourth-order valence-electron chi connectivity index (χ4n) is 1.32. The number of carbonyl (C=O) groups is 1. The van der Waals surface area contributed by atoms with Gasteiger partial charge in [0.1, 0.15) is 0 Å². The van der Waals surface area contributed by atoms with Gasteiger partial charge in [-0.05, 0) is 13.3 Å². The number of benzene rings is 1. The third-order valence-electron chi connectivity index (χ3n) is 2.33. The molecule has 0 aliphatic rings. The first kappa shape index (κ1) is 12.9. The molecule has 0 saturated heterocycles. The standard InChI is InChI=1S/C13H18O3/c1-11(15-2)16-10-6-9-13(14)12-7-4-3-5-8-12/h3-5,7-8,11H,6,9-10H2,1-2H3. The van der Waals surface area contributed by atoms with Gasteiger partial charge < -0.3 is 9.47 Å². The van der Waals surface area contributed by atoms with Crippen molar-refractivity contribution in [2.75, 3.05) is 13.7 Å². The third-order valence-corrected chi connectivity index (χ3v) is 2.33. The fourth-order valence-corrected chi connectivity index (χ4v) is 1.32. The first-order valence-electron chi connectivity index (χ1n) is 5.46. The van der Waals surface area contributed by atoms with Gasteiger partial charge >= 0.3 is 0 Å². The molecule has 16 heavy (non-hydrogen) atoms. The van der Waals surface area contributed by atoms with Gasteiger partial charge in [-0.1, -0.05) is 30.3 Å². The van der Waals surface area contributed by atoms with Gasteiger partial charge in [0, 0.05) is 19.1 Å². The van der Waals surface area contributed by atoms with E-state index in [1.165, 1.54) is 0 Å².